The zero-order valence-electron chi connectivity index (χ0n) is 15.7. The molecule has 0 aromatic carbocycles. The Morgan fingerprint density at radius 3 is 2.35 bits per heavy atom. The van der Waals surface area contributed by atoms with Crippen molar-refractivity contribution in [3.63, 3.8) is 0 Å². The normalized spacial score (nSPS) is 14.7. The standard InChI is InChI=1S/C19H25N3O4/c1-6-8-21-17(24)18(25)22(19(21)26)11-16(23)15-10-13(4)20(14(15)5)9-7-12(2)3/h6,10,12H,1,7-9,11H2,2-5H3. The Balaban J connectivity index is 2.19. The van der Waals surface area contributed by atoms with Crippen molar-refractivity contribution < 1.29 is 19.2 Å². The van der Waals surface area contributed by atoms with E-state index >= 15 is 0 Å². The molecule has 0 spiro atoms. The summed E-state index contributed by atoms with van der Waals surface area (Å²) in [7, 11) is 0. The van der Waals surface area contributed by atoms with Crippen molar-refractivity contribution in [3.8, 4) is 0 Å². The maximum Gasteiger partial charge on any atom is 0.334 e. The van der Waals surface area contributed by atoms with E-state index in [0.717, 1.165) is 29.3 Å². The van der Waals surface area contributed by atoms with Crippen LogP contribution in [0.25, 0.3) is 0 Å². The Kier molecular flexibility index (Phi) is 5.79. The molecule has 26 heavy (non-hydrogen) atoms. The first-order chi connectivity index (χ1) is 12.2. The van der Waals surface area contributed by atoms with Gasteiger partial charge in [0.05, 0.1) is 6.54 Å². The van der Waals surface area contributed by atoms with E-state index in [1.807, 2.05) is 13.8 Å². The fourth-order valence-corrected chi connectivity index (χ4v) is 3.02. The van der Waals surface area contributed by atoms with Crippen molar-refractivity contribution in [2.45, 2.75) is 40.7 Å². The number of carbonyl (C=O) groups excluding carboxylic acids is 4. The van der Waals surface area contributed by atoms with E-state index in [0.29, 0.717) is 16.4 Å². The second-order valence-electron chi connectivity index (χ2n) is 6.92. The van der Waals surface area contributed by atoms with E-state index in [9.17, 15) is 19.2 Å². The molecule has 7 heteroatoms. The Bertz CT molecular complexity index is 776. The van der Waals surface area contributed by atoms with Gasteiger partial charge in [-0.2, -0.15) is 0 Å². The Morgan fingerprint density at radius 1 is 1.15 bits per heavy atom. The number of Topliss-reactive ketones (excluding diaryl/α,β-unsaturated/α-hetero) is 1. The van der Waals surface area contributed by atoms with Crippen LogP contribution in [0.2, 0.25) is 0 Å². The Labute approximate surface area is 153 Å². The number of hydrogen-bond donors (Lipinski definition) is 0. The van der Waals surface area contributed by atoms with E-state index in [4.69, 9.17) is 0 Å². The molecule has 7 nitrogen and oxygen atoms in total. The van der Waals surface area contributed by atoms with E-state index in [2.05, 4.69) is 25.0 Å². The summed E-state index contributed by atoms with van der Waals surface area (Å²) in [5.41, 5.74) is 2.23. The van der Waals surface area contributed by atoms with Gasteiger partial charge in [-0.25, -0.2) is 9.69 Å². The average Bonchev–Trinajstić information content (AvgIpc) is 2.96. The SMILES string of the molecule is C=CCN1C(=O)C(=O)N(CC(=O)c2cc(C)n(CCC(C)C)c2C)C1=O. The second-order valence-corrected chi connectivity index (χ2v) is 6.92. The number of aromatic nitrogens is 1. The molecule has 2 rings (SSSR count). The predicted octanol–water partition coefficient (Wildman–Crippen LogP) is 2.31. The molecule has 1 aliphatic rings. The maximum absolute atomic E-state index is 12.7. The molecule has 0 bridgehead atoms. The Hall–Kier alpha value is -2.70. The highest BCUT2D eigenvalue weighted by atomic mass is 16.2. The summed E-state index contributed by atoms with van der Waals surface area (Å²) in [4.78, 5) is 50.3. The second kappa shape index (κ2) is 7.68. The molecule has 0 saturated carbocycles. The van der Waals surface area contributed by atoms with Crippen molar-refractivity contribution >= 4 is 23.6 Å². The molecule has 1 aromatic rings. The molecule has 1 aliphatic heterocycles. The molecule has 1 saturated heterocycles. The van der Waals surface area contributed by atoms with Crippen molar-refractivity contribution in [2.75, 3.05) is 13.1 Å². The minimum Gasteiger partial charge on any atom is -0.348 e. The lowest BCUT2D eigenvalue weighted by atomic mass is 10.1. The fourth-order valence-electron chi connectivity index (χ4n) is 3.02. The van der Waals surface area contributed by atoms with Gasteiger partial charge in [0, 0.05) is 30.0 Å². The topological polar surface area (TPSA) is 79.7 Å². The van der Waals surface area contributed by atoms with E-state index in [1.165, 1.54) is 6.08 Å². The van der Waals surface area contributed by atoms with E-state index in [-0.39, 0.29) is 12.3 Å². The monoisotopic (exact) mass is 359 g/mol. The van der Waals surface area contributed by atoms with Gasteiger partial charge in [0.2, 0.25) is 0 Å². The first-order valence-corrected chi connectivity index (χ1v) is 8.67. The largest absolute Gasteiger partial charge is 0.348 e. The van der Waals surface area contributed by atoms with Crippen molar-refractivity contribution in [3.05, 3.63) is 35.7 Å². The quantitative estimate of drug-likeness (QED) is 0.309. The molecule has 2 heterocycles. The summed E-state index contributed by atoms with van der Waals surface area (Å²) in [5.74, 6) is -1.72. The minimum atomic E-state index is -0.973. The lowest BCUT2D eigenvalue weighted by Crippen LogP contribution is -2.37. The van der Waals surface area contributed by atoms with Gasteiger partial charge in [-0.05, 0) is 32.3 Å². The number of amides is 4. The fraction of sp³-hybridized carbons (Fsp3) is 0.474. The molecule has 1 aromatic heterocycles. The van der Waals surface area contributed by atoms with Crippen LogP contribution in [0.1, 0.15) is 42.0 Å². The van der Waals surface area contributed by atoms with Crippen LogP contribution in [-0.4, -0.2) is 51.1 Å². The minimum absolute atomic E-state index is 0.0577. The van der Waals surface area contributed by atoms with Gasteiger partial charge >= 0.3 is 17.8 Å². The zero-order valence-corrected chi connectivity index (χ0v) is 15.7. The smallest absolute Gasteiger partial charge is 0.334 e. The maximum atomic E-state index is 12.7. The first-order valence-electron chi connectivity index (χ1n) is 8.67. The highest BCUT2D eigenvalue weighted by Crippen LogP contribution is 2.19. The molecular formula is C19H25N3O4. The van der Waals surface area contributed by atoms with Crippen LogP contribution in [0, 0.1) is 19.8 Å². The van der Waals surface area contributed by atoms with Crippen LogP contribution in [-0.2, 0) is 16.1 Å². The number of urea groups is 1. The molecular weight excluding hydrogens is 334 g/mol. The highest BCUT2D eigenvalue weighted by molar-refractivity contribution is 6.45. The summed E-state index contributed by atoms with van der Waals surface area (Å²) >= 11 is 0. The molecule has 0 radical (unpaired) electrons. The number of rotatable bonds is 8. The number of aryl methyl sites for hydroxylation is 1. The summed E-state index contributed by atoms with van der Waals surface area (Å²) in [6.07, 6.45) is 2.34. The third-order valence-electron chi connectivity index (χ3n) is 4.55. The highest BCUT2D eigenvalue weighted by Gasteiger charge is 2.44. The average molecular weight is 359 g/mol. The lowest BCUT2D eigenvalue weighted by Gasteiger charge is -2.14. The summed E-state index contributed by atoms with van der Waals surface area (Å²) < 4.78 is 2.07. The molecule has 0 atom stereocenters. The van der Waals surface area contributed by atoms with Crippen LogP contribution < -0.4 is 0 Å². The third-order valence-corrected chi connectivity index (χ3v) is 4.55. The van der Waals surface area contributed by atoms with Gasteiger partial charge in [-0.15, -0.1) is 6.58 Å². The number of hydrogen-bond acceptors (Lipinski definition) is 4. The molecule has 0 N–H and O–H groups in total. The molecule has 0 aliphatic carbocycles. The lowest BCUT2D eigenvalue weighted by molar-refractivity contribution is -0.142. The van der Waals surface area contributed by atoms with E-state index < -0.39 is 24.4 Å². The van der Waals surface area contributed by atoms with Crippen LogP contribution >= 0.6 is 0 Å². The van der Waals surface area contributed by atoms with Crippen molar-refractivity contribution in [1.29, 1.82) is 0 Å². The van der Waals surface area contributed by atoms with Crippen molar-refractivity contribution in [2.24, 2.45) is 5.92 Å². The number of carbonyl (C=O) groups is 4. The van der Waals surface area contributed by atoms with Crippen LogP contribution in [0.3, 0.4) is 0 Å². The van der Waals surface area contributed by atoms with Crippen LogP contribution in [0.5, 0.6) is 0 Å². The predicted molar refractivity (Wildman–Crippen MR) is 96.7 cm³/mol. The van der Waals surface area contributed by atoms with Crippen LogP contribution in [0.4, 0.5) is 4.79 Å². The van der Waals surface area contributed by atoms with Gasteiger partial charge < -0.3 is 4.57 Å². The van der Waals surface area contributed by atoms with E-state index in [1.54, 1.807) is 6.07 Å². The number of nitrogens with zero attached hydrogens (tertiary/aromatic N) is 3. The third kappa shape index (κ3) is 3.61. The van der Waals surface area contributed by atoms with Crippen molar-refractivity contribution in [1.82, 2.24) is 14.4 Å². The van der Waals surface area contributed by atoms with Gasteiger partial charge in [0.15, 0.2) is 5.78 Å². The Morgan fingerprint density at radius 2 is 1.77 bits per heavy atom. The summed E-state index contributed by atoms with van der Waals surface area (Å²) in [5, 5.41) is 0. The number of ketones is 1. The van der Waals surface area contributed by atoms with Gasteiger partial charge in [0.25, 0.3) is 0 Å². The molecule has 4 amide bonds. The van der Waals surface area contributed by atoms with Gasteiger partial charge in [-0.1, -0.05) is 19.9 Å². The zero-order chi connectivity index (χ0) is 19.6. The van der Waals surface area contributed by atoms with Gasteiger partial charge in [-0.3, -0.25) is 19.3 Å². The van der Waals surface area contributed by atoms with Crippen LogP contribution in [0.15, 0.2) is 18.7 Å². The van der Waals surface area contributed by atoms with Gasteiger partial charge in [0.1, 0.15) is 0 Å². The summed E-state index contributed by atoms with van der Waals surface area (Å²) in [6, 6.07) is 0.994. The first kappa shape index (κ1) is 19.6. The molecule has 0 unspecified atom stereocenters. The number of imide groups is 2. The summed E-state index contributed by atoms with van der Waals surface area (Å²) in [6.45, 7) is 11.8. The molecule has 140 valence electrons. The molecule has 1 fully saturated rings.